The zero-order valence-corrected chi connectivity index (χ0v) is 15.8. The van der Waals surface area contributed by atoms with Crippen molar-refractivity contribution in [1.29, 1.82) is 0 Å². The quantitative estimate of drug-likeness (QED) is 0.826. The van der Waals surface area contributed by atoms with Gasteiger partial charge < -0.3 is 4.90 Å². The van der Waals surface area contributed by atoms with Gasteiger partial charge in [0, 0.05) is 25.6 Å². The number of hydrogen-bond donors (Lipinski definition) is 1. The third-order valence-electron chi connectivity index (χ3n) is 4.01. The molecule has 2 heterocycles. The van der Waals surface area contributed by atoms with Gasteiger partial charge in [0.15, 0.2) is 0 Å². The van der Waals surface area contributed by atoms with Gasteiger partial charge in [0.25, 0.3) is 0 Å². The number of anilines is 1. The molecular formula is C16H21FN4O2S2. The first-order valence-corrected chi connectivity index (χ1v) is 10.5. The number of rotatable bonds is 6. The Labute approximate surface area is 151 Å². The van der Waals surface area contributed by atoms with Crippen LogP contribution < -0.4 is 9.62 Å². The molecule has 0 bridgehead atoms. The molecule has 1 fully saturated rings. The number of halogens is 1. The van der Waals surface area contributed by atoms with Gasteiger partial charge in [0.2, 0.25) is 15.2 Å². The highest BCUT2D eigenvalue weighted by Crippen LogP contribution is 2.28. The van der Waals surface area contributed by atoms with Crippen molar-refractivity contribution < 1.29 is 12.8 Å². The van der Waals surface area contributed by atoms with Gasteiger partial charge in [-0.25, -0.2) is 17.5 Å². The van der Waals surface area contributed by atoms with E-state index in [2.05, 4.69) is 14.9 Å². The van der Waals surface area contributed by atoms with Gasteiger partial charge in [-0.3, -0.25) is 0 Å². The Bertz CT molecular complexity index is 838. The second-order valence-electron chi connectivity index (χ2n) is 6.42. The predicted octanol–water partition coefficient (Wildman–Crippen LogP) is 2.17. The molecule has 1 aromatic carbocycles. The van der Waals surface area contributed by atoms with Gasteiger partial charge in [0.1, 0.15) is 10.8 Å². The zero-order chi connectivity index (χ0) is 18.0. The summed E-state index contributed by atoms with van der Waals surface area (Å²) >= 11 is 1.38. The van der Waals surface area contributed by atoms with E-state index in [1.807, 2.05) is 18.7 Å². The average molecular weight is 385 g/mol. The van der Waals surface area contributed by atoms with Gasteiger partial charge in [0.05, 0.1) is 5.25 Å². The molecule has 136 valence electrons. The molecule has 0 radical (unpaired) electrons. The van der Waals surface area contributed by atoms with E-state index >= 15 is 0 Å². The van der Waals surface area contributed by atoms with Crippen LogP contribution in [0.5, 0.6) is 0 Å². The molecule has 1 aliphatic rings. The minimum absolute atomic E-state index is 0.118. The standard InChI is InChI=1S/C16H21FN4O2S2/c1-11(2)20-25(22,23)13-7-8-21(10-13)16-19-18-15(24-16)9-12-5-3-4-6-14(12)17/h3-6,11,13,20H,7-10H2,1-2H3. The Hall–Kier alpha value is -1.58. The summed E-state index contributed by atoms with van der Waals surface area (Å²) in [6.07, 6.45) is 0.944. The molecule has 1 aliphatic heterocycles. The largest absolute Gasteiger partial charge is 0.345 e. The van der Waals surface area contributed by atoms with Crippen LogP contribution in [-0.4, -0.2) is 43.0 Å². The van der Waals surface area contributed by atoms with Crippen molar-refractivity contribution in [3.05, 3.63) is 40.7 Å². The fraction of sp³-hybridized carbons (Fsp3) is 0.500. The smallest absolute Gasteiger partial charge is 0.216 e. The molecule has 0 aliphatic carbocycles. The predicted molar refractivity (Wildman–Crippen MR) is 96.9 cm³/mol. The summed E-state index contributed by atoms with van der Waals surface area (Å²) in [5.41, 5.74) is 0.577. The van der Waals surface area contributed by atoms with Crippen LogP contribution >= 0.6 is 11.3 Å². The Morgan fingerprint density at radius 1 is 1.36 bits per heavy atom. The zero-order valence-electron chi connectivity index (χ0n) is 14.1. The monoisotopic (exact) mass is 384 g/mol. The highest BCUT2D eigenvalue weighted by molar-refractivity contribution is 7.90. The highest BCUT2D eigenvalue weighted by Gasteiger charge is 2.34. The SMILES string of the molecule is CC(C)NS(=O)(=O)C1CCN(c2nnc(Cc3ccccc3F)s2)C1. The van der Waals surface area contributed by atoms with Crippen LogP contribution in [-0.2, 0) is 16.4 Å². The molecule has 2 aromatic rings. The second-order valence-corrected chi connectivity index (χ2v) is 9.45. The lowest BCUT2D eigenvalue weighted by Crippen LogP contribution is -2.39. The minimum Gasteiger partial charge on any atom is -0.345 e. The van der Waals surface area contributed by atoms with Crippen LogP contribution in [0.15, 0.2) is 24.3 Å². The van der Waals surface area contributed by atoms with Crippen LogP contribution in [0, 0.1) is 5.82 Å². The first-order chi connectivity index (χ1) is 11.8. The Kier molecular flexibility index (Phi) is 5.35. The lowest BCUT2D eigenvalue weighted by Gasteiger charge is -2.16. The lowest BCUT2D eigenvalue weighted by atomic mass is 10.1. The number of sulfonamides is 1. The molecule has 1 atom stereocenters. The van der Waals surface area contributed by atoms with Crippen molar-refractivity contribution in [3.8, 4) is 0 Å². The Balaban J connectivity index is 1.67. The minimum atomic E-state index is -3.33. The van der Waals surface area contributed by atoms with E-state index in [-0.39, 0.29) is 11.9 Å². The Morgan fingerprint density at radius 3 is 2.84 bits per heavy atom. The molecule has 9 heteroatoms. The molecule has 3 rings (SSSR count). The number of hydrogen-bond acceptors (Lipinski definition) is 6. The van der Waals surface area contributed by atoms with E-state index in [0.29, 0.717) is 41.6 Å². The Morgan fingerprint density at radius 2 is 2.12 bits per heavy atom. The van der Waals surface area contributed by atoms with Gasteiger partial charge in [-0.2, -0.15) is 0 Å². The molecular weight excluding hydrogens is 363 g/mol. The summed E-state index contributed by atoms with van der Waals surface area (Å²) in [6, 6.07) is 6.48. The summed E-state index contributed by atoms with van der Waals surface area (Å²) < 4.78 is 41.0. The van der Waals surface area contributed by atoms with Crippen molar-refractivity contribution in [1.82, 2.24) is 14.9 Å². The maximum atomic E-state index is 13.7. The van der Waals surface area contributed by atoms with Crippen LogP contribution in [0.4, 0.5) is 9.52 Å². The van der Waals surface area contributed by atoms with E-state index in [1.54, 1.807) is 18.2 Å². The summed E-state index contributed by atoms with van der Waals surface area (Å²) in [6.45, 7) is 4.64. The molecule has 1 aromatic heterocycles. The van der Waals surface area contributed by atoms with Gasteiger partial charge >= 0.3 is 0 Å². The number of benzene rings is 1. The van der Waals surface area contributed by atoms with Crippen molar-refractivity contribution in [2.45, 2.75) is 38.0 Å². The van der Waals surface area contributed by atoms with Crippen molar-refractivity contribution in [3.63, 3.8) is 0 Å². The fourth-order valence-electron chi connectivity index (χ4n) is 2.83. The molecule has 25 heavy (non-hydrogen) atoms. The molecule has 1 saturated heterocycles. The van der Waals surface area contributed by atoms with E-state index < -0.39 is 15.3 Å². The maximum Gasteiger partial charge on any atom is 0.216 e. The van der Waals surface area contributed by atoms with Crippen LogP contribution in [0.1, 0.15) is 30.8 Å². The average Bonchev–Trinajstić information content (AvgIpc) is 3.17. The van der Waals surface area contributed by atoms with E-state index in [9.17, 15) is 12.8 Å². The normalized spacial score (nSPS) is 18.2. The molecule has 0 spiro atoms. The van der Waals surface area contributed by atoms with Crippen LogP contribution in [0.2, 0.25) is 0 Å². The summed E-state index contributed by atoms with van der Waals surface area (Å²) in [5.74, 6) is -0.258. The van der Waals surface area contributed by atoms with Crippen LogP contribution in [0.3, 0.4) is 0 Å². The summed E-state index contributed by atoms with van der Waals surface area (Å²) in [5, 5.41) is 9.24. The third-order valence-corrected chi connectivity index (χ3v) is 7.06. The molecule has 6 nitrogen and oxygen atoms in total. The van der Waals surface area contributed by atoms with E-state index in [0.717, 1.165) is 0 Å². The van der Waals surface area contributed by atoms with E-state index in [1.165, 1.54) is 17.4 Å². The second kappa shape index (κ2) is 7.35. The number of nitrogens with one attached hydrogen (secondary N) is 1. The molecule has 0 saturated carbocycles. The molecule has 1 N–H and O–H groups in total. The fourth-order valence-corrected chi connectivity index (χ4v) is 5.37. The van der Waals surface area contributed by atoms with Gasteiger partial charge in [-0.05, 0) is 31.9 Å². The van der Waals surface area contributed by atoms with Gasteiger partial charge in [-0.1, -0.05) is 29.5 Å². The number of nitrogens with zero attached hydrogens (tertiary/aromatic N) is 3. The van der Waals surface area contributed by atoms with E-state index in [4.69, 9.17) is 0 Å². The van der Waals surface area contributed by atoms with Crippen molar-refractivity contribution in [2.24, 2.45) is 0 Å². The first kappa shape index (κ1) is 18.2. The lowest BCUT2D eigenvalue weighted by molar-refractivity contribution is 0.557. The maximum absolute atomic E-state index is 13.7. The van der Waals surface area contributed by atoms with Crippen LogP contribution in [0.25, 0.3) is 0 Å². The van der Waals surface area contributed by atoms with Crippen molar-refractivity contribution >= 4 is 26.5 Å². The highest BCUT2D eigenvalue weighted by atomic mass is 32.2. The summed E-state index contributed by atoms with van der Waals surface area (Å²) in [7, 11) is -3.33. The topological polar surface area (TPSA) is 75.2 Å². The number of aromatic nitrogens is 2. The molecule has 0 amide bonds. The van der Waals surface area contributed by atoms with Crippen molar-refractivity contribution in [2.75, 3.05) is 18.0 Å². The first-order valence-electron chi connectivity index (χ1n) is 8.17. The summed E-state index contributed by atoms with van der Waals surface area (Å²) in [4.78, 5) is 1.94. The molecule has 1 unspecified atom stereocenters. The van der Waals surface area contributed by atoms with Gasteiger partial charge in [-0.15, -0.1) is 10.2 Å². The third kappa shape index (κ3) is 4.34.